The molecule has 3 aliphatic rings. The molecule has 3 saturated carbocycles. The molecule has 4 rings (SSSR count). The van der Waals surface area contributed by atoms with Crippen LogP contribution in [0.15, 0.2) is 24.3 Å². The molecule has 0 atom stereocenters. The maximum absolute atomic E-state index is 11.2. The number of halogens is 1. The fourth-order valence-corrected chi connectivity index (χ4v) is 5.78. The average Bonchev–Trinajstić information content (AvgIpc) is 2.20. The first-order valence-electron chi connectivity index (χ1n) is 6.77. The highest BCUT2D eigenvalue weighted by atomic mass is 35.7. The summed E-state index contributed by atoms with van der Waals surface area (Å²) in [7, 11) is 2.02. The molecule has 0 saturated heterocycles. The van der Waals surface area contributed by atoms with Crippen molar-refractivity contribution in [3.8, 4) is 0 Å². The summed E-state index contributed by atoms with van der Waals surface area (Å²) >= 11 is 0. The van der Waals surface area contributed by atoms with Gasteiger partial charge < -0.3 is 0 Å². The van der Waals surface area contributed by atoms with Crippen molar-refractivity contribution in [2.45, 2.75) is 44.4 Å². The summed E-state index contributed by atoms with van der Waals surface area (Å²) in [5.41, 5.74) is 2.97. The molecule has 1 aromatic carbocycles. The second-order valence-corrected chi connectivity index (χ2v) is 9.55. The topological polar surface area (TPSA) is 34.1 Å². The molecule has 1 aromatic rings. The highest BCUT2D eigenvalue weighted by Crippen LogP contribution is 2.74. The van der Waals surface area contributed by atoms with Crippen molar-refractivity contribution in [1.29, 1.82) is 0 Å². The van der Waals surface area contributed by atoms with Gasteiger partial charge in [-0.25, -0.2) is 8.42 Å². The average molecular weight is 299 g/mol. The summed E-state index contributed by atoms with van der Waals surface area (Å²) in [5, 5.41) is 0. The van der Waals surface area contributed by atoms with E-state index in [-0.39, 0.29) is 16.6 Å². The smallest absolute Gasteiger partial charge is 0.212 e. The molecule has 2 bridgehead atoms. The highest BCUT2D eigenvalue weighted by molar-refractivity contribution is 8.13. The van der Waals surface area contributed by atoms with Crippen molar-refractivity contribution in [2.24, 2.45) is 5.41 Å². The van der Waals surface area contributed by atoms with E-state index >= 15 is 0 Å². The lowest BCUT2D eigenvalue weighted by atomic mass is 9.34. The molecule has 19 heavy (non-hydrogen) atoms. The Balaban J connectivity index is 1.77. The third-order valence-corrected chi connectivity index (χ3v) is 6.07. The van der Waals surface area contributed by atoms with E-state index in [2.05, 4.69) is 38.1 Å². The molecule has 3 fully saturated rings. The molecule has 0 radical (unpaired) electrons. The molecule has 104 valence electrons. The lowest BCUT2D eigenvalue weighted by molar-refractivity contribution is -0.122. The molecule has 0 aromatic heterocycles. The fourth-order valence-electron chi connectivity index (χ4n) is 4.05. The van der Waals surface area contributed by atoms with Gasteiger partial charge in [0.1, 0.15) is 0 Å². The maximum Gasteiger partial charge on any atom is 0.233 e. The van der Waals surface area contributed by atoms with Crippen LogP contribution in [0.3, 0.4) is 0 Å². The van der Waals surface area contributed by atoms with E-state index in [4.69, 9.17) is 10.7 Å². The number of benzene rings is 1. The van der Waals surface area contributed by atoms with Gasteiger partial charge in [-0.3, -0.25) is 0 Å². The summed E-state index contributed by atoms with van der Waals surface area (Å²) in [5.74, 6) is 0.678. The van der Waals surface area contributed by atoms with Crippen LogP contribution >= 0.6 is 10.7 Å². The van der Waals surface area contributed by atoms with E-state index in [1.807, 2.05) is 0 Å². The zero-order valence-electron chi connectivity index (χ0n) is 11.3. The molecule has 0 heterocycles. The van der Waals surface area contributed by atoms with E-state index in [0.29, 0.717) is 5.92 Å². The number of rotatable bonds is 4. The van der Waals surface area contributed by atoms with Crippen LogP contribution in [0.4, 0.5) is 0 Å². The Bertz CT molecular complexity index is 599. The Morgan fingerprint density at radius 2 is 1.89 bits per heavy atom. The number of hydrogen-bond donors (Lipinski definition) is 0. The monoisotopic (exact) mass is 298 g/mol. The van der Waals surface area contributed by atoms with Crippen LogP contribution in [0.2, 0.25) is 0 Å². The summed E-state index contributed by atoms with van der Waals surface area (Å²) in [6, 6.07) is 8.77. The van der Waals surface area contributed by atoms with Crippen molar-refractivity contribution >= 4 is 19.7 Å². The summed E-state index contributed by atoms with van der Waals surface area (Å²) in [6.45, 7) is 4.39. The lowest BCUT2D eigenvalue weighted by Gasteiger charge is -2.71. The van der Waals surface area contributed by atoms with E-state index in [9.17, 15) is 8.42 Å². The molecule has 0 spiro atoms. The first-order valence-corrected chi connectivity index (χ1v) is 9.24. The second-order valence-electron chi connectivity index (χ2n) is 6.77. The molecule has 0 amide bonds. The molecule has 4 heteroatoms. The van der Waals surface area contributed by atoms with Crippen LogP contribution < -0.4 is 0 Å². The van der Waals surface area contributed by atoms with Crippen molar-refractivity contribution < 1.29 is 8.42 Å². The van der Waals surface area contributed by atoms with Crippen LogP contribution in [0.25, 0.3) is 0 Å². The van der Waals surface area contributed by atoms with Crippen molar-refractivity contribution in [3.63, 3.8) is 0 Å². The van der Waals surface area contributed by atoms with Gasteiger partial charge in [0.2, 0.25) is 9.05 Å². The van der Waals surface area contributed by atoms with E-state index in [0.717, 1.165) is 19.3 Å². The van der Waals surface area contributed by atoms with Gasteiger partial charge in [0.15, 0.2) is 0 Å². The zero-order chi connectivity index (χ0) is 13.9. The Morgan fingerprint density at radius 1 is 1.26 bits per heavy atom. The van der Waals surface area contributed by atoms with Crippen molar-refractivity contribution in [1.82, 2.24) is 0 Å². The second kappa shape index (κ2) is 3.98. The van der Waals surface area contributed by atoms with Crippen LogP contribution in [-0.4, -0.2) is 14.2 Å². The van der Waals surface area contributed by atoms with Crippen LogP contribution in [0.1, 0.15) is 50.2 Å². The molecule has 0 unspecified atom stereocenters. The van der Waals surface area contributed by atoms with Crippen LogP contribution in [-0.2, 0) is 14.5 Å². The molecule has 3 aliphatic carbocycles. The predicted octanol–water partition coefficient (Wildman–Crippen LogP) is 3.80. The standard InChI is InChI=1S/C15H19ClO2S/c1-11(2)12-4-3-5-13(6-12)15-7-14(8-15,9-15)10-19(16,17)18/h3-6,11H,7-10H2,1-2H3. The minimum atomic E-state index is -3.36. The van der Waals surface area contributed by atoms with E-state index in [1.165, 1.54) is 11.1 Å². The molecule has 0 aliphatic heterocycles. The first-order chi connectivity index (χ1) is 8.74. The predicted molar refractivity (Wildman–Crippen MR) is 78.1 cm³/mol. The summed E-state index contributed by atoms with van der Waals surface area (Å²) < 4.78 is 22.4. The van der Waals surface area contributed by atoms with Gasteiger partial charge in [0.25, 0.3) is 0 Å². The van der Waals surface area contributed by atoms with Crippen LogP contribution in [0, 0.1) is 5.41 Å². The lowest BCUT2D eigenvalue weighted by Crippen LogP contribution is -2.66. The summed E-state index contributed by atoms with van der Waals surface area (Å²) in [6.07, 6.45) is 2.94. The molecular weight excluding hydrogens is 280 g/mol. The van der Waals surface area contributed by atoms with E-state index < -0.39 is 9.05 Å². The quantitative estimate of drug-likeness (QED) is 0.792. The molecule has 2 nitrogen and oxygen atoms in total. The maximum atomic E-state index is 11.2. The van der Waals surface area contributed by atoms with Gasteiger partial charge in [-0.15, -0.1) is 0 Å². The van der Waals surface area contributed by atoms with Crippen molar-refractivity contribution in [3.05, 3.63) is 35.4 Å². The Morgan fingerprint density at radius 3 is 2.42 bits per heavy atom. The minimum Gasteiger partial charge on any atom is -0.212 e. The van der Waals surface area contributed by atoms with Gasteiger partial charge in [-0.05, 0) is 47.1 Å². The SMILES string of the molecule is CC(C)c1cccc(C23CC(CS(=O)(=O)Cl)(C2)C3)c1. The largest absolute Gasteiger partial charge is 0.233 e. The Labute approximate surface area is 119 Å². The van der Waals surface area contributed by atoms with Gasteiger partial charge in [-0.2, -0.15) is 0 Å². The Kier molecular flexibility index (Phi) is 2.82. The molecular formula is C15H19ClO2S. The van der Waals surface area contributed by atoms with Crippen molar-refractivity contribution in [2.75, 3.05) is 5.75 Å². The fraction of sp³-hybridized carbons (Fsp3) is 0.600. The van der Waals surface area contributed by atoms with Gasteiger partial charge >= 0.3 is 0 Å². The summed E-state index contributed by atoms with van der Waals surface area (Å²) in [4.78, 5) is 0. The Hall–Kier alpha value is -0.540. The first kappa shape index (κ1) is 13.4. The zero-order valence-corrected chi connectivity index (χ0v) is 12.9. The van der Waals surface area contributed by atoms with Gasteiger partial charge in [-0.1, -0.05) is 38.1 Å². The number of hydrogen-bond acceptors (Lipinski definition) is 2. The third kappa shape index (κ3) is 2.21. The highest BCUT2D eigenvalue weighted by Gasteiger charge is 2.68. The third-order valence-electron chi connectivity index (χ3n) is 4.78. The van der Waals surface area contributed by atoms with Crippen LogP contribution in [0.5, 0.6) is 0 Å². The molecule has 0 N–H and O–H groups in total. The minimum absolute atomic E-state index is 0.0194. The van der Waals surface area contributed by atoms with Gasteiger partial charge in [0, 0.05) is 10.7 Å². The normalized spacial score (nSPS) is 32.8. The van der Waals surface area contributed by atoms with E-state index in [1.54, 1.807) is 0 Å². The van der Waals surface area contributed by atoms with Gasteiger partial charge in [0.05, 0.1) is 5.75 Å².